The number of ether oxygens (including phenoxy) is 2. The largest absolute Gasteiger partial charge is 0.743 e. The Labute approximate surface area is 185 Å². The van der Waals surface area contributed by atoms with E-state index in [4.69, 9.17) is 4.74 Å². The summed E-state index contributed by atoms with van der Waals surface area (Å²) in [7, 11) is -6.84. The van der Waals surface area contributed by atoms with Gasteiger partial charge < -0.3 is 14.0 Å². The predicted molar refractivity (Wildman–Crippen MR) is 96.4 cm³/mol. The molecule has 0 saturated heterocycles. The summed E-state index contributed by atoms with van der Waals surface area (Å²) in [5, 5.41) is -5.98. The van der Waals surface area contributed by atoms with E-state index in [2.05, 4.69) is 4.74 Å². The van der Waals surface area contributed by atoms with Crippen molar-refractivity contribution in [2.75, 3.05) is 0 Å². The molecular weight excluding hydrogens is 483 g/mol. The zero-order valence-corrected chi connectivity index (χ0v) is 18.6. The molecule has 4 aliphatic carbocycles. The highest BCUT2D eigenvalue weighted by Gasteiger charge is 2.70. The van der Waals surface area contributed by atoms with Gasteiger partial charge in [-0.3, -0.25) is 14.4 Å². The Hall–Kier alpha value is -1.83. The van der Waals surface area contributed by atoms with Crippen LogP contribution in [0.1, 0.15) is 52.9 Å². The van der Waals surface area contributed by atoms with Gasteiger partial charge in [-0.05, 0) is 52.4 Å². The summed E-state index contributed by atoms with van der Waals surface area (Å²) in [5.41, 5.74) is -4.76. The van der Waals surface area contributed by atoms with E-state index in [1.54, 1.807) is 0 Å². The normalized spacial score (nSPS) is 33.1. The van der Waals surface area contributed by atoms with E-state index in [1.807, 2.05) is 0 Å². The third-order valence-electron chi connectivity index (χ3n) is 6.49. The topological polar surface area (TPSA) is 127 Å². The molecule has 33 heavy (non-hydrogen) atoms. The molecule has 0 amide bonds. The van der Waals surface area contributed by atoms with Crippen LogP contribution in [0.2, 0.25) is 0 Å². The lowest BCUT2D eigenvalue weighted by Crippen LogP contribution is -2.66. The van der Waals surface area contributed by atoms with Gasteiger partial charge in [0.25, 0.3) is 6.10 Å². The summed E-state index contributed by atoms with van der Waals surface area (Å²) in [4.78, 5) is 38.3. The van der Waals surface area contributed by atoms with Crippen LogP contribution in [0, 0.1) is 22.7 Å². The van der Waals surface area contributed by atoms with E-state index >= 15 is 0 Å². The van der Waals surface area contributed by atoms with E-state index in [0.717, 1.165) is 0 Å². The van der Waals surface area contributed by atoms with Gasteiger partial charge in [0.05, 0.1) is 10.8 Å². The van der Waals surface area contributed by atoms with Crippen molar-refractivity contribution < 1.29 is 58.8 Å². The first kappa shape index (κ1) is 25.8. The molecule has 0 aromatic rings. The first-order valence-electron chi connectivity index (χ1n) is 10.0. The lowest BCUT2D eigenvalue weighted by atomic mass is 9.47. The number of ketones is 1. The smallest absolute Gasteiger partial charge is 0.432 e. The minimum atomic E-state index is -6.84. The van der Waals surface area contributed by atoms with Crippen molar-refractivity contribution in [1.29, 1.82) is 0 Å². The van der Waals surface area contributed by atoms with Crippen molar-refractivity contribution in [3.05, 3.63) is 0 Å². The van der Waals surface area contributed by atoms with Crippen molar-refractivity contribution in [3.63, 3.8) is 0 Å². The highest BCUT2D eigenvalue weighted by Crippen LogP contribution is 2.62. The van der Waals surface area contributed by atoms with E-state index < -0.39 is 80.1 Å². The van der Waals surface area contributed by atoms with Crippen molar-refractivity contribution in [2.24, 2.45) is 22.7 Å². The van der Waals surface area contributed by atoms with Crippen molar-refractivity contribution >= 4 is 27.8 Å². The Kier molecular flexibility index (Phi) is 5.73. The average Bonchev–Trinajstić information content (AvgIpc) is 2.60. The first-order chi connectivity index (χ1) is 14.6. The highest BCUT2D eigenvalue weighted by molar-refractivity contribution is 7.86. The van der Waals surface area contributed by atoms with Gasteiger partial charge in [-0.1, -0.05) is 0 Å². The molecule has 188 valence electrons. The van der Waals surface area contributed by atoms with E-state index in [9.17, 15) is 49.3 Å². The van der Waals surface area contributed by atoms with Gasteiger partial charge in [-0.15, -0.1) is 0 Å². The summed E-state index contributed by atoms with van der Waals surface area (Å²) in [6, 6.07) is 0. The summed E-state index contributed by atoms with van der Waals surface area (Å²) in [6.45, 7) is 4.51. The number of Topliss-reactive ketones (excluding diaryl/α,β-unsaturated/α-hetero) is 1. The van der Waals surface area contributed by atoms with Gasteiger partial charge in [0.15, 0.2) is 21.5 Å². The number of hydrogen-bond acceptors (Lipinski definition) is 8. The van der Waals surface area contributed by atoms with Crippen molar-refractivity contribution in [1.82, 2.24) is 0 Å². The predicted octanol–water partition coefficient (Wildman–Crippen LogP) is 2.71. The summed E-state index contributed by atoms with van der Waals surface area (Å²) in [5.74, 6) is -4.42. The van der Waals surface area contributed by atoms with Gasteiger partial charge in [-0.2, -0.15) is 22.0 Å². The van der Waals surface area contributed by atoms with Crippen LogP contribution in [0.5, 0.6) is 0 Å². The quantitative estimate of drug-likeness (QED) is 0.317. The molecule has 4 fully saturated rings. The highest BCUT2D eigenvalue weighted by atomic mass is 32.2. The third kappa shape index (κ3) is 4.24. The maximum Gasteiger partial charge on any atom is 0.432 e. The Morgan fingerprint density at radius 2 is 1.67 bits per heavy atom. The molecular formula is C19H22F5O8S-. The third-order valence-corrected chi connectivity index (χ3v) is 7.37. The Bertz CT molecular complexity index is 985. The van der Waals surface area contributed by atoms with E-state index in [0.29, 0.717) is 0 Å². The van der Waals surface area contributed by atoms with Gasteiger partial charge in [-0.25, -0.2) is 8.42 Å². The fourth-order valence-electron chi connectivity index (χ4n) is 5.21. The molecule has 14 heteroatoms. The molecule has 4 bridgehead atoms. The van der Waals surface area contributed by atoms with Crippen LogP contribution in [0.4, 0.5) is 22.0 Å². The van der Waals surface area contributed by atoms with Crippen LogP contribution in [0.3, 0.4) is 0 Å². The van der Waals surface area contributed by atoms with E-state index in [1.165, 1.54) is 20.8 Å². The fraction of sp³-hybridized carbons (Fsp3) is 0.842. The van der Waals surface area contributed by atoms with Crippen LogP contribution in [-0.4, -0.2) is 53.8 Å². The first-order valence-corrected chi connectivity index (χ1v) is 11.4. The van der Waals surface area contributed by atoms with Crippen molar-refractivity contribution in [2.45, 2.75) is 76.0 Å². The number of halogens is 5. The zero-order valence-electron chi connectivity index (χ0n) is 17.8. The molecule has 0 aromatic heterocycles. The molecule has 0 aromatic carbocycles. The zero-order chi connectivity index (χ0) is 25.4. The monoisotopic (exact) mass is 505 g/mol. The van der Waals surface area contributed by atoms with Crippen molar-refractivity contribution in [3.8, 4) is 0 Å². The Morgan fingerprint density at radius 3 is 2.15 bits per heavy atom. The van der Waals surface area contributed by atoms with Gasteiger partial charge >= 0.3 is 23.4 Å². The average molecular weight is 505 g/mol. The summed E-state index contributed by atoms with van der Waals surface area (Å²) < 4.78 is 109. The van der Waals surface area contributed by atoms with Crippen LogP contribution in [0.15, 0.2) is 0 Å². The Balaban J connectivity index is 1.96. The fourth-order valence-corrected chi connectivity index (χ4v) is 5.65. The lowest BCUT2D eigenvalue weighted by molar-refractivity contribution is -0.268. The van der Waals surface area contributed by atoms with Crippen LogP contribution < -0.4 is 0 Å². The Morgan fingerprint density at radius 1 is 1.09 bits per heavy atom. The second-order valence-electron chi connectivity index (χ2n) is 10.2. The lowest BCUT2D eigenvalue weighted by Gasteiger charge is -2.58. The minimum Gasteiger partial charge on any atom is -0.743 e. The van der Waals surface area contributed by atoms with Crippen LogP contribution in [-0.2, 0) is 34.0 Å². The molecule has 0 spiro atoms. The summed E-state index contributed by atoms with van der Waals surface area (Å²) in [6.07, 6.45) is -11.3. The second-order valence-corrected chi connectivity index (χ2v) is 11.7. The molecule has 0 aliphatic heterocycles. The van der Waals surface area contributed by atoms with E-state index in [-0.39, 0.29) is 25.7 Å². The maximum atomic E-state index is 13.8. The van der Waals surface area contributed by atoms with Crippen LogP contribution in [0.25, 0.3) is 0 Å². The number of hydrogen-bond donors (Lipinski definition) is 0. The molecule has 0 heterocycles. The number of alkyl halides is 5. The summed E-state index contributed by atoms with van der Waals surface area (Å²) >= 11 is 0. The second kappa shape index (κ2) is 7.33. The van der Waals surface area contributed by atoms with Gasteiger partial charge in [0, 0.05) is 12.3 Å². The van der Waals surface area contributed by atoms with Crippen LogP contribution >= 0.6 is 0 Å². The number of carbonyl (C=O) groups is 3. The molecule has 5 atom stereocenters. The molecule has 5 unspecified atom stereocenters. The van der Waals surface area contributed by atoms with Gasteiger partial charge in [0.2, 0.25) is 0 Å². The number of rotatable bonds is 5. The molecule has 4 aliphatic rings. The minimum absolute atomic E-state index is 0.0208. The molecule has 0 radical (unpaired) electrons. The standard InChI is InChI=1S/C19H23F5O8S/c1-15(2,3)13(26)32-17-6-9-4-10(11(17)25)7-16(5-9,8-17)14(27)31-12(18(20,21)22)19(23,24)33(28,29)30/h9-10,12H,4-8H2,1-3H3,(H,28,29,30)/p-1. The molecule has 4 saturated carbocycles. The SMILES string of the molecule is CC(C)(C)C(=O)OC12CC3CC(CC(C(=O)OC(C(F)(F)F)C(F)(F)S(=O)(=O)[O-])(C3)C1)C2=O. The maximum absolute atomic E-state index is 13.8. The number of carbonyl (C=O) groups excluding carboxylic acids is 3. The number of esters is 2. The van der Waals surface area contributed by atoms with Gasteiger partial charge in [0.1, 0.15) is 0 Å². The molecule has 0 N–H and O–H groups in total. The molecule has 8 nitrogen and oxygen atoms in total. The molecule has 4 rings (SSSR count).